The Morgan fingerprint density at radius 2 is 0.848 bits per heavy atom. The molecule has 33 heavy (non-hydrogen) atoms. The predicted octanol–water partition coefficient (Wildman–Crippen LogP) is 7.44. The van der Waals surface area contributed by atoms with Gasteiger partial charge < -0.3 is 9.47 Å². The summed E-state index contributed by atoms with van der Waals surface area (Å²) in [4.78, 5) is 21.6. The van der Waals surface area contributed by atoms with Gasteiger partial charge in [-0.25, -0.2) is 0 Å². The standard InChI is InChI=1S/C29H24O4/c1-2-29(23-7-15-27(16-8-23)32-25-11-3-21(19-30)4-12-25)24-9-17-28(18-10-24)33-26-13-5-22(20-31)6-14-26/h3-20,29H,2H2,1H3. The molecule has 0 aliphatic rings. The Morgan fingerprint density at radius 1 is 0.545 bits per heavy atom. The zero-order valence-corrected chi connectivity index (χ0v) is 18.3. The van der Waals surface area contributed by atoms with Crippen molar-refractivity contribution in [2.75, 3.05) is 0 Å². The minimum absolute atomic E-state index is 0.256. The van der Waals surface area contributed by atoms with Gasteiger partial charge in [-0.2, -0.15) is 0 Å². The maximum atomic E-state index is 10.8. The van der Waals surface area contributed by atoms with Crippen molar-refractivity contribution in [2.45, 2.75) is 19.3 Å². The SMILES string of the molecule is CCC(c1ccc(Oc2ccc(C=O)cc2)cc1)c1ccc(Oc2ccc(C=O)cc2)cc1. The number of hydrogen-bond acceptors (Lipinski definition) is 4. The molecule has 0 aliphatic heterocycles. The molecule has 0 amide bonds. The van der Waals surface area contributed by atoms with Crippen LogP contribution in [0.15, 0.2) is 97.1 Å². The van der Waals surface area contributed by atoms with Gasteiger partial charge in [0.2, 0.25) is 0 Å². The van der Waals surface area contributed by atoms with Crippen LogP contribution in [-0.4, -0.2) is 12.6 Å². The number of ether oxygens (including phenoxy) is 2. The molecule has 0 heterocycles. The van der Waals surface area contributed by atoms with E-state index in [1.165, 1.54) is 11.1 Å². The highest BCUT2D eigenvalue weighted by atomic mass is 16.5. The smallest absolute Gasteiger partial charge is 0.150 e. The molecule has 0 saturated carbocycles. The topological polar surface area (TPSA) is 52.6 Å². The molecule has 164 valence electrons. The summed E-state index contributed by atoms with van der Waals surface area (Å²) < 4.78 is 11.8. The fraction of sp³-hybridized carbons (Fsp3) is 0.103. The Labute approximate surface area is 193 Å². The third kappa shape index (κ3) is 5.55. The Balaban J connectivity index is 1.43. The number of benzene rings is 4. The lowest BCUT2D eigenvalue weighted by molar-refractivity contribution is 0.111. The highest BCUT2D eigenvalue weighted by Gasteiger charge is 2.13. The number of carbonyl (C=O) groups excluding carboxylic acids is 2. The monoisotopic (exact) mass is 436 g/mol. The molecule has 4 rings (SSSR count). The third-order valence-corrected chi connectivity index (χ3v) is 5.48. The maximum Gasteiger partial charge on any atom is 0.150 e. The maximum absolute atomic E-state index is 10.8. The summed E-state index contributed by atoms with van der Waals surface area (Å²) in [7, 11) is 0. The van der Waals surface area contributed by atoms with Crippen LogP contribution < -0.4 is 9.47 Å². The molecule has 0 fully saturated rings. The first kappa shape index (κ1) is 22.0. The highest BCUT2D eigenvalue weighted by molar-refractivity contribution is 5.75. The van der Waals surface area contributed by atoms with Crippen molar-refractivity contribution in [3.05, 3.63) is 119 Å². The number of carbonyl (C=O) groups is 2. The van der Waals surface area contributed by atoms with Gasteiger partial charge in [-0.05, 0) is 90.3 Å². The zero-order valence-electron chi connectivity index (χ0n) is 18.3. The van der Waals surface area contributed by atoms with Gasteiger partial charge in [0.15, 0.2) is 0 Å². The first-order valence-electron chi connectivity index (χ1n) is 10.8. The second-order valence-corrected chi connectivity index (χ2v) is 7.68. The van der Waals surface area contributed by atoms with Gasteiger partial charge >= 0.3 is 0 Å². The van der Waals surface area contributed by atoms with Gasteiger partial charge in [0.25, 0.3) is 0 Å². The average Bonchev–Trinajstić information content (AvgIpc) is 2.87. The van der Waals surface area contributed by atoms with Crippen LogP contribution in [0.2, 0.25) is 0 Å². The predicted molar refractivity (Wildman–Crippen MR) is 129 cm³/mol. The molecule has 0 aromatic heterocycles. The van der Waals surface area contributed by atoms with E-state index >= 15 is 0 Å². The Hall–Kier alpha value is -4.18. The van der Waals surface area contributed by atoms with Crippen LogP contribution in [0.4, 0.5) is 0 Å². The summed E-state index contributed by atoms with van der Waals surface area (Å²) in [6.07, 6.45) is 2.59. The molecule has 0 bridgehead atoms. The number of hydrogen-bond donors (Lipinski definition) is 0. The van der Waals surface area contributed by atoms with Crippen molar-refractivity contribution >= 4 is 12.6 Å². The quantitative estimate of drug-likeness (QED) is 0.256. The minimum atomic E-state index is 0.256. The number of rotatable bonds is 9. The van der Waals surface area contributed by atoms with Crippen molar-refractivity contribution < 1.29 is 19.1 Å². The highest BCUT2D eigenvalue weighted by Crippen LogP contribution is 2.32. The zero-order chi connectivity index (χ0) is 23.0. The van der Waals surface area contributed by atoms with E-state index in [9.17, 15) is 9.59 Å². The summed E-state index contributed by atoms with van der Waals surface area (Å²) in [6.45, 7) is 2.17. The van der Waals surface area contributed by atoms with Crippen LogP contribution in [0.5, 0.6) is 23.0 Å². The van der Waals surface area contributed by atoms with E-state index in [0.29, 0.717) is 22.6 Å². The van der Waals surface area contributed by atoms with Crippen LogP contribution in [-0.2, 0) is 0 Å². The van der Waals surface area contributed by atoms with Crippen molar-refractivity contribution in [1.29, 1.82) is 0 Å². The Kier molecular flexibility index (Phi) is 6.96. The molecular weight excluding hydrogens is 412 g/mol. The van der Waals surface area contributed by atoms with Gasteiger partial charge in [-0.3, -0.25) is 9.59 Å². The summed E-state index contributed by atoms with van der Waals surface area (Å²) in [5.74, 6) is 3.13. The largest absolute Gasteiger partial charge is 0.457 e. The van der Waals surface area contributed by atoms with Crippen LogP contribution in [0.25, 0.3) is 0 Å². The molecule has 0 spiro atoms. The second kappa shape index (κ2) is 10.4. The molecule has 0 unspecified atom stereocenters. The lowest BCUT2D eigenvalue weighted by atomic mass is 9.89. The second-order valence-electron chi connectivity index (χ2n) is 7.68. The molecule has 0 radical (unpaired) electrons. The number of aldehydes is 2. The molecule has 4 nitrogen and oxygen atoms in total. The third-order valence-electron chi connectivity index (χ3n) is 5.48. The first-order valence-corrected chi connectivity index (χ1v) is 10.8. The molecule has 4 aromatic carbocycles. The summed E-state index contributed by atoms with van der Waals surface area (Å²) >= 11 is 0. The van der Waals surface area contributed by atoms with E-state index < -0.39 is 0 Å². The van der Waals surface area contributed by atoms with Gasteiger partial charge in [0.05, 0.1) is 0 Å². The lowest BCUT2D eigenvalue weighted by Crippen LogP contribution is -2.00. The fourth-order valence-electron chi connectivity index (χ4n) is 3.70. The molecule has 4 aromatic rings. The van der Waals surface area contributed by atoms with Crippen LogP contribution in [0.1, 0.15) is 51.1 Å². The average molecular weight is 437 g/mol. The van der Waals surface area contributed by atoms with Crippen LogP contribution >= 0.6 is 0 Å². The van der Waals surface area contributed by atoms with E-state index in [1.807, 2.05) is 24.3 Å². The van der Waals surface area contributed by atoms with E-state index in [1.54, 1.807) is 48.5 Å². The van der Waals surface area contributed by atoms with Crippen molar-refractivity contribution in [1.82, 2.24) is 0 Å². The molecule has 0 saturated heterocycles. The van der Waals surface area contributed by atoms with E-state index in [-0.39, 0.29) is 5.92 Å². The van der Waals surface area contributed by atoms with Gasteiger partial charge in [0.1, 0.15) is 35.6 Å². The van der Waals surface area contributed by atoms with Gasteiger partial charge in [0, 0.05) is 17.0 Å². The van der Waals surface area contributed by atoms with Crippen LogP contribution in [0.3, 0.4) is 0 Å². The summed E-state index contributed by atoms with van der Waals surface area (Å²) in [5.41, 5.74) is 3.66. The van der Waals surface area contributed by atoms with Crippen molar-refractivity contribution in [3.8, 4) is 23.0 Å². The lowest BCUT2D eigenvalue weighted by Gasteiger charge is -2.17. The Bertz CT molecular complexity index is 1100. The molecule has 0 aliphatic carbocycles. The Morgan fingerprint density at radius 3 is 1.12 bits per heavy atom. The van der Waals surface area contributed by atoms with Crippen molar-refractivity contribution in [3.63, 3.8) is 0 Å². The summed E-state index contributed by atoms with van der Waals surface area (Å²) in [5, 5.41) is 0. The normalized spacial score (nSPS) is 10.6. The van der Waals surface area contributed by atoms with Gasteiger partial charge in [-0.15, -0.1) is 0 Å². The minimum Gasteiger partial charge on any atom is -0.457 e. The fourth-order valence-corrected chi connectivity index (χ4v) is 3.70. The molecular formula is C29H24O4. The molecule has 4 heteroatoms. The van der Waals surface area contributed by atoms with E-state index in [4.69, 9.17) is 9.47 Å². The summed E-state index contributed by atoms with van der Waals surface area (Å²) in [6, 6.07) is 30.3. The first-order chi connectivity index (χ1) is 16.2. The van der Waals surface area contributed by atoms with Gasteiger partial charge in [-0.1, -0.05) is 31.2 Å². The van der Waals surface area contributed by atoms with E-state index in [2.05, 4.69) is 31.2 Å². The molecule has 0 atom stereocenters. The van der Waals surface area contributed by atoms with E-state index in [0.717, 1.165) is 30.5 Å². The molecule has 0 N–H and O–H groups in total. The van der Waals surface area contributed by atoms with Crippen molar-refractivity contribution in [2.24, 2.45) is 0 Å². The van der Waals surface area contributed by atoms with Crippen LogP contribution in [0, 0.1) is 0 Å².